The standard InChI is InChI=1S/C76H109N21O17S3/c1-41(2)62(63(78)102)96-74(113)61-20-13-28-97(61)75(114)52(18-10-11-26-77)88-72(111)59(38-115)95-68(107)55(32-45-34-83-49-17-9-8-16-48(45)49)91-64(103)50(19-12-27-82-76(79)80)86-66(105)53(30-43-14-6-5-7-15-43)89-69(108)56(33-46-35-81-40-84-46)92-73(112)60(39-116)94-65(104)51(25-29-117-4)87-71(110)58(37-99)93-67(106)54(31-44-21-23-47(101)24-22-44)90-70(109)57(36-98)85-42(3)100/h5-9,14-17,21-24,34-35,40-41,50-62,83,98-99,101,115-116H,10-13,18-20,25-33,36-39,77H2,1-4H3,(H2,78,102)(H,81,84)(H,85,100)(H,86,105)(H,87,110)(H,88,111)(H,89,108)(H,90,109)(H,91,103)(H,92,112)(H,93,106)(H,94,104)(H,95,107)(H,96,113)(H4,79,80,82)/t50-,51-,52-,53-,54-,55-,56-,57-,58-,59-,60-,61-,62-/m0/s1. The van der Waals surface area contributed by atoms with E-state index in [9.17, 15) is 63.3 Å². The van der Waals surface area contributed by atoms with Gasteiger partial charge >= 0.3 is 0 Å². The maximum absolute atomic E-state index is 15.2. The van der Waals surface area contributed by atoms with Crippen molar-refractivity contribution in [3.05, 3.63) is 120 Å². The van der Waals surface area contributed by atoms with Gasteiger partial charge in [0.05, 0.1) is 19.5 Å². The van der Waals surface area contributed by atoms with Crippen molar-refractivity contribution >= 4 is 137 Å². The van der Waals surface area contributed by atoms with Crippen LogP contribution in [0, 0.1) is 11.3 Å². The van der Waals surface area contributed by atoms with Crippen LogP contribution in [0.5, 0.6) is 5.75 Å². The minimum atomic E-state index is -1.77. The molecule has 3 aromatic carbocycles. The van der Waals surface area contributed by atoms with Gasteiger partial charge < -0.3 is 117 Å². The largest absolute Gasteiger partial charge is 0.508 e. The van der Waals surface area contributed by atoms with Crippen molar-refractivity contribution in [3.8, 4) is 5.75 Å². The second-order valence-electron chi connectivity index (χ2n) is 28.4. The van der Waals surface area contributed by atoms with Crippen LogP contribution in [0.15, 0.2) is 97.6 Å². The number of aromatic hydroxyl groups is 1. The summed E-state index contributed by atoms with van der Waals surface area (Å²) < 4.78 is 0. The molecule has 38 nitrogen and oxygen atoms in total. The van der Waals surface area contributed by atoms with E-state index in [0.29, 0.717) is 52.5 Å². The van der Waals surface area contributed by atoms with E-state index in [4.69, 9.17) is 22.6 Å². The van der Waals surface area contributed by atoms with Crippen molar-refractivity contribution in [1.29, 1.82) is 5.41 Å². The summed E-state index contributed by atoms with van der Waals surface area (Å²) in [6.45, 7) is 3.04. The normalized spacial score (nSPS) is 15.6. The highest BCUT2D eigenvalue weighted by Crippen LogP contribution is 2.23. The number of unbranched alkanes of at least 4 members (excludes halogenated alkanes) is 1. The number of nitrogens with zero attached hydrogens (tertiary/aromatic N) is 2. The van der Waals surface area contributed by atoms with E-state index in [0.717, 1.165) is 6.92 Å². The Morgan fingerprint density at radius 2 is 1.03 bits per heavy atom. The minimum absolute atomic E-state index is 0.0124. The highest BCUT2D eigenvalue weighted by Gasteiger charge is 2.42. The number of primary amides is 1. The lowest BCUT2D eigenvalue weighted by atomic mass is 10.0. The van der Waals surface area contributed by atoms with E-state index in [1.54, 1.807) is 80.9 Å². The number of phenols is 1. The Kier molecular flexibility index (Phi) is 39.3. The molecule has 41 heteroatoms. The van der Waals surface area contributed by atoms with Gasteiger partial charge in [-0.15, -0.1) is 0 Å². The molecule has 14 amide bonds. The number of fused-ring (bicyclic) bond motifs is 1. The SMILES string of the molecule is CSCC[C@H](NC(=O)[C@H](CO)NC(=O)[C@H](Cc1ccc(O)cc1)NC(=O)[C@H](CO)NC(C)=O)C(=O)N[C@@H](CS)C(=O)N[C@@H](Cc1cnc[nH]1)C(=O)N[C@@H](Cc1ccccc1)C(=O)N[C@@H](CCCNC(=N)N)C(=O)N[C@@H](Cc1c[nH]c2ccccc12)C(=O)N[C@@H](CS)C(=O)N[C@@H](CCCCN)C(=O)N1CCC[C@H]1C(=O)N[C@H](C(N)=O)C(C)C. The number of aliphatic hydroxyl groups is 2. The summed E-state index contributed by atoms with van der Waals surface area (Å²) in [5, 5.41) is 72.5. The number of nitrogens with two attached hydrogens (primary N) is 3. The third-order valence-corrected chi connectivity index (χ3v) is 20.5. The maximum Gasteiger partial charge on any atom is 0.245 e. The number of carbonyl (C=O) groups is 14. The molecule has 13 atom stereocenters. The average Bonchev–Trinajstić information content (AvgIpc) is 1.71. The van der Waals surface area contributed by atoms with E-state index in [-0.39, 0.29) is 101 Å². The number of para-hydroxylation sites is 1. The summed E-state index contributed by atoms with van der Waals surface area (Å²) in [4.78, 5) is 209. The van der Waals surface area contributed by atoms with Gasteiger partial charge in [0.2, 0.25) is 82.7 Å². The Balaban J connectivity index is 1.24. The predicted molar refractivity (Wildman–Crippen MR) is 441 cm³/mol. The molecule has 0 radical (unpaired) electrons. The van der Waals surface area contributed by atoms with Crippen LogP contribution in [0.2, 0.25) is 0 Å². The predicted octanol–water partition coefficient (Wildman–Crippen LogP) is -4.17. The van der Waals surface area contributed by atoms with Crippen LogP contribution in [0.3, 0.4) is 0 Å². The number of nitrogens with one attached hydrogen (secondary N) is 16. The fraction of sp³-hybridized carbons (Fsp3) is 0.500. The smallest absolute Gasteiger partial charge is 0.245 e. The number of H-pyrrole nitrogens is 2. The van der Waals surface area contributed by atoms with Crippen LogP contribution in [-0.2, 0) is 92.8 Å². The number of imidazole rings is 1. The van der Waals surface area contributed by atoms with Gasteiger partial charge in [0.25, 0.3) is 0 Å². The number of thiol groups is 2. The number of thioether (sulfide) groups is 1. The lowest BCUT2D eigenvalue weighted by molar-refractivity contribution is -0.142. The Morgan fingerprint density at radius 3 is 1.55 bits per heavy atom. The molecule has 1 aliphatic heterocycles. The Bertz CT molecular complexity index is 4180. The summed E-state index contributed by atoms with van der Waals surface area (Å²) in [6, 6.07) is 2.34. The van der Waals surface area contributed by atoms with E-state index >= 15 is 19.2 Å². The van der Waals surface area contributed by atoms with Gasteiger partial charge in [-0.1, -0.05) is 74.5 Å². The molecule has 5 aromatic rings. The lowest BCUT2D eigenvalue weighted by Crippen LogP contribution is -2.62. The van der Waals surface area contributed by atoms with E-state index in [1.807, 2.05) is 0 Å². The number of benzene rings is 3. The molecule has 0 bridgehead atoms. The zero-order chi connectivity index (χ0) is 85.8. The molecule has 1 aliphatic rings. The number of aromatic amines is 2. The number of aromatic nitrogens is 3. The summed E-state index contributed by atoms with van der Waals surface area (Å²) in [5.74, 6) is -13.6. The van der Waals surface area contributed by atoms with Crippen molar-refractivity contribution in [2.24, 2.45) is 23.1 Å². The summed E-state index contributed by atoms with van der Waals surface area (Å²) in [5.41, 5.74) is 19.5. The van der Waals surface area contributed by atoms with Gasteiger partial charge in [-0.2, -0.15) is 37.0 Å². The molecule has 1 fully saturated rings. The third kappa shape index (κ3) is 30.2. The Morgan fingerprint density at radius 1 is 0.564 bits per heavy atom. The molecule has 3 heterocycles. The number of aliphatic hydroxyl groups excluding tert-OH is 2. The molecule has 0 unspecified atom stereocenters. The van der Waals surface area contributed by atoms with Gasteiger partial charge in [-0.3, -0.25) is 72.5 Å². The minimum Gasteiger partial charge on any atom is -0.508 e. The highest BCUT2D eigenvalue weighted by atomic mass is 32.2. The van der Waals surface area contributed by atoms with E-state index < -0.39 is 186 Å². The van der Waals surface area contributed by atoms with Crippen LogP contribution in [0.1, 0.15) is 94.5 Å². The fourth-order valence-electron chi connectivity index (χ4n) is 12.8. The third-order valence-electron chi connectivity index (χ3n) is 19.1. The molecular weight excluding hydrogens is 1580 g/mol. The number of likely N-dealkylation sites (tertiary alicyclic amines) is 1. The van der Waals surface area contributed by atoms with Crippen LogP contribution in [0.4, 0.5) is 0 Å². The number of rotatable bonds is 49. The molecular formula is C76H109N21O17S3. The van der Waals surface area contributed by atoms with Crippen molar-refractivity contribution in [3.63, 3.8) is 0 Å². The molecule has 0 spiro atoms. The van der Waals surface area contributed by atoms with Gasteiger partial charge in [0.1, 0.15) is 84.3 Å². The molecule has 0 saturated carbocycles. The number of guanidine groups is 1. The molecule has 0 aliphatic carbocycles. The quantitative estimate of drug-likeness (QED) is 0.00760. The average molecular weight is 1690 g/mol. The van der Waals surface area contributed by atoms with Gasteiger partial charge in [-0.25, -0.2) is 4.98 Å². The number of carbonyl (C=O) groups excluding carboxylic acids is 14. The van der Waals surface area contributed by atoms with Gasteiger partial charge in [0, 0.05) is 86.2 Å². The zero-order valence-electron chi connectivity index (χ0n) is 65.4. The second-order valence-corrected chi connectivity index (χ2v) is 30.1. The molecule has 1 saturated heterocycles. The topological polar surface area (TPSA) is 606 Å². The number of hydrogen-bond acceptors (Lipinski definition) is 23. The molecule has 117 heavy (non-hydrogen) atoms. The highest BCUT2D eigenvalue weighted by molar-refractivity contribution is 7.98. The molecule has 25 N–H and O–H groups in total. The van der Waals surface area contributed by atoms with Gasteiger partial charge in [0.15, 0.2) is 5.96 Å². The first kappa shape index (κ1) is 94.8. The maximum atomic E-state index is 15.2. The second kappa shape index (κ2) is 48.5. The van der Waals surface area contributed by atoms with Crippen molar-refractivity contribution in [2.75, 3.05) is 56.4 Å². The van der Waals surface area contributed by atoms with Crippen molar-refractivity contribution in [2.45, 2.75) is 176 Å². The van der Waals surface area contributed by atoms with Crippen LogP contribution >= 0.6 is 37.0 Å². The van der Waals surface area contributed by atoms with Crippen molar-refractivity contribution < 1.29 is 82.4 Å². The van der Waals surface area contributed by atoms with Crippen LogP contribution in [-0.4, -0.2) is 259 Å². The molecule has 638 valence electrons. The van der Waals surface area contributed by atoms with Crippen molar-refractivity contribution in [1.82, 2.24) is 89.0 Å². The Hall–Kier alpha value is -11.0. The monoisotopic (exact) mass is 1680 g/mol. The number of phenolic OH excluding ortho intramolecular Hbond substituents is 1. The fourth-order valence-corrected chi connectivity index (χ4v) is 13.8. The summed E-state index contributed by atoms with van der Waals surface area (Å²) >= 11 is 10.1. The molecule has 2 aromatic heterocycles. The van der Waals surface area contributed by atoms with E-state index in [2.05, 4.69) is 109 Å². The summed E-state index contributed by atoms with van der Waals surface area (Å²) in [7, 11) is 0. The molecule has 6 rings (SSSR count). The van der Waals surface area contributed by atoms with E-state index in [1.165, 1.54) is 53.5 Å². The first-order valence-corrected chi connectivity index (χ1v) is 40.8. The lowest BCUT2D eigenvalue weighted by Gasteiger charge is -2.31. The van der Waals surface area contributed by atoms with Gasteiger partial charge in [-0.05, 0) is 111 Å². The first-order chi connectivity index (χ1) is 55.9. The Labute approximate surface area is 691 Å². The number of hydrogen-bond donors (Lipinski definition) is 24. The number of amides is 14. The van der Waals surface area contributed by atoms with Crippen LogP contribution in [0.25, 0.3) is 10.9 Å². The van der Waals surface area contributed by atoms with Crippen LogP contribution < -0.4 is 86.3 Å². The first-order valence-electron chi connectivity index (χ1n) is 38.2. The zero-order valence-corrected chi connectivity index (χ0v) is 68.1. The summed E-state index contributed by atoms with van der Waals surface area (Å²) in [6.07, 6.45) is 6.40.